The second-order valence-corrected chi connectivity index (χ2v) is 5.98. The molecule has 0 bridgehead atoms. The number of imidazole rings is 1. The number of hydrogen-bond acceptors (Lipinski definition) is 1. The highest BCUT2D eigenvalue weighted by atomic mass is 35.5. The minimum atomic E-state index is 0.0967. The molecule has 2 nitrogen and oxygen atoms in total. The number of para-hydroxylation sites is 1. The smallest absolute Gasteiger partial charge is 0.125 e. The Morgan fingerprint density at radius 1 is 1.10 bits per heavy atom. The van der Waals surface area contributed by atoms with Gasteiger partial charge in [0.25, 0.3) is 0 Å². The minimum absolute atomic E-state index is 0.0967. The first-order valence-electron chi connectivity index (χ1n) is 6.58. The summed E-state index contributed by atoms with van der Waals surface area (Å²) in [5.41, 5.74) is 2.92. The third-order valence-corrected chi connectivity index (χ3v) is 4.40. The van der Waals surface area contributed by atoms with Gasteiger partial charge in [-0.1, -0.05) is 41.4 Å². The van der Waals surface area contributed by atoms with Crippen LogP contribution in [0, 0.1) is 0 Å². The fourth-order valence-corrected chi connectivity index (χ4v) is 3.07. The number of benzene rings is 2. The molecule has 0 saturated heterocycles. The first-order chi connectivity index (χ1) is 10.1. The fraction of sp³-hybridized carbons (Fsp3) is 0.188. The number of halogens is 3. The van der Waals surface area contributed by atoms with Crippen LogP contribution in [0.2, 0.25) is 10.0 Å². The van der Waals surface area contributed by atoms with Gasteiger partial charge in [-0.25, -0.2) is 4.98 Å². The Balaban J connectivity index is 2.18. The molecule has 21 heavy (non-hydrogen) atoms. The van der Waals surface area contributed by atoms with Gasteiger partial charge in [-0.15, -0.1) is 11.6 Å². The molecular formula is C16H13Cl3N2. The molecule has 1 heterocycles. The molecule has 0 saturated carbocycles. The minimum Gasteiger partial charge on any atom is -0.320 e. The number of aromatic nitrogens is 2. The molecule has 0 N–H and O–H groups in total. The summed E-state index contributed by atoms with van der Waals surface area (Å²) in [6, 6.07) is 13.7. The van der Waals surface area contributed by atoms with Crippen molar-refractivity contribution in [3.05, 3.63) is 63.9 Å². The Bertz CT molecular complexity index is 778. The molecule has 108 valence electrons. The molecule has 0 radical (unpaired) electrons. The van der Waals surface area contributed by atoms with Crippen molar-refractivity contribution < 1.29 is 0 Å². The van der Waals surface area contributed by atoms with E-state index in [1.165, 1.54) is 0 Å². The molecule has 0 amide bonds. The number of alkyl halides is 1. The van der Waals surface area contributed by atoms with Crippen molar-refractivity contribution in [1.29, 1.82) is 0 Å². The maximum atomic E-state index is 6.23. The largest absolute Gasteiger partial charge is 0.320 e. The van der Waals surface area contributed by atoms with Crippen molar-refractivity contribution in [3.8, 4) is 0 Å². The van der Waals surface area contributed by atoms with E-state index in [-0.39, 0.29) is 6.04 Å². The van der Waals surface area contributed by atoms with E-state index in [0.717, 1.165) is 27.4 Å². The zero-order valence-corrected chi connectivity index (χ0v) is 13.6. The summed E-state index contributed by atoms with van der Waals surface area (Å²) < 4.78 is 2.12. The Hall–Kier alpha value is -1.22. The lowest BCUT2D eigenvalue weighted by molar-refractivity contribution is 0.634. The summed E-state index contributed by atoms with van der Waals surface area (Å²) in [4.78, 5) is 4.57. The lowest BCUT2D eigenvalue weighted by Crippen LogP contribution is -2.09. The van der Waals surface area contributed by atoms with Crippen LogP contribution in [-0.2, 0) is 5.88 Å². The van der Waals surface area contributed by atoms with Gasteiger partial charge in [-0.2, -0.15) is 0 Å². The molecule has 2 aromatic carbocycles. The van der Waals surface area contributed by atoms with E-state index in [2.05, 4.69) is 16.5 Å². The highest BCUT2D eigenvalue weighted by Crippen LogP contribution is 2.30. The summed E-state index contributed by atoms with van der Waals surface area (Å²) >= 11 is 18.3. The van der Waals surface area contributed by atoms with E-state index < -0.39 is 0 Å². The molecule has 5 heteroatoms. The van der Waals surface area contributed by atoms with Gasteiger partial charge in [0.05, 0.1) is 22.5 Å². The quantitative estimate of drug-likeness (QED) is 0.560. The molecule has 1 atom stereocenters. The third kappa shape index (κ3) is 2.64. The Morgan fingerprint density at radius 3 is 2.48 bits per heavy atom. The molecule has 0 aliphatic heterocycles. The second kappa shape index (κ2) is 5.88. The van der Waals surface area contributed by atoms with Gasteiger partial charge in [-0.3, -0.25) is 0 Å². The highest BCUT2D eigenvalue weighted by molar-refractivity contribution is 6.35. The Labute approximate surface area is 138 Å². The normalized spacial score (nSPS) is 12.8. The lowest BCUT2D eigenvalue weighted by Gasteiger charge is -2.17. The summed E-state index contributed by atoms with van der Waals surface area (Å²) in [5, 5.41) is 1.36. The standard InChI is InChI=1S/C16H13Cl3N2/c1-10(11-5-7-12(18)8-6-11)21-14-4-2-3-13(19)16(14)20-15(21)9-17/h2-8,10H,9H2,1H3. The molecule has 1 unspecified atom stereocenters. The molecule has 0 aliphatic carbocycles. The van der Waals surface area contributed by atoms with E-state index >= 15 is 0 Å². The number of fused-ring (bicyclic) bond motifs is 1. The van der Waals surface area contributed by atoms with Crippen LogP contribution >= 0.6 is 34.8 Å². The van der Waals surface area contributed by atoms with Crippen LogP contribution in [0.25, 0.3) is 11.0 Å². The van der Waals surface area contributed by atoms with Crippen LogP contribution < -0.4 is 0 Å². The molecule has 0 spiro atoms. The summed E-state index contributed by atoms with van der Waals surface area (Å²) in [7, 11) is 0. The van der Waals surface area contributed by atoms with Crippen LogP contribution in [0.1, 0.15) is 24.4 Å². The molecule has 3 aromatic rings. The van der Waals surface area contributed by atoms with Gasteiger partial charge in [0, 0.05) is 5.02 Å². The predicted molar refractivity (Wildman–Crippen MR) is 89.6 cm³/mol. The second-order valence-electron chi connectivity index (χ2n) is 4.87. The van der Waals surface area contributed by atoms with Crippen LogP contribution in [0.15, 0.2) is 42.5 Å². The topological polar surface area (TPSA) is 17.8 Å². The van der Waals surface area contributed by atoms with Crippen molar-refractivity contribution in [2.24, 2.45) is 0 Å². The van der Waals surface area contributed by atoms with Gasteiger partial charge in [0.15, 0.2) is 0 Å². The van der Waals surface area contributed by atoms with Gasteiger partial charge in [-0.05, 0) is 36.8 Å². The zero-order valence-electron chi connectivity index (χ0n) is 11.4. The lowest BCUT2D eigenvalue weighted by atomic mass is 10.1. The van der Waals surface area contributed by atoms with E-state index in [4.69, 9.17) is 34.8 Å². The van der Waals surface area contributed by atoms with Crippen LogP contribution in [0.4, 0.5) is 0 Å². The van der Waals surface area contributed by atoms with Crippen molar-refractivity contribution in [2.75, 3.05) is 0 Å². The first kappa shape index (κ1) is 14.7. The van der Waals surface area contributed by atoms with E-state index in [1.54, 1.807) is 0 Å². The predicted octanol–water partition coefficient (Wildman–Crippen LogP) is 5.69. The van der Waals surface area contributed by atoms with E-state index in [9.17, 15) is 0 Å². The monoisotopic (exact) mass is 338 g/mol. The molecule has 3 rings (SSSR count). The SMILES string of the molecule is CC(c1ccc(Cl)cc1)n1c(CCl)nc2c(Cl)cccc21. The number of hydrogen-bond donors (Lipinski definition) is 0. The third-order valence-electron chi connectivity index (χ3n) is 3.60. The van der Waals surface area contributed by atoms with Gasteiger partial charge < -0.3 is 4.57 Å². The zero-order chi connectivity index (χ0) is 15.0. The van der Waals surface area contributed by atoms with Gasteiger partial charge in [0.1, 0.15) is 11.3 Å². The van der Waals surface area contributed by atoms with E-state index in [1.807, 2.05) is 42.5 Å². The van der Waals surface area contributed by atoms with Crippen LogP contribution in [0.3, 0.4) is 0 Å². The molecule has 0 aliphatic rings. The Kier molecular flexibility index (Phi) is 4.12. The molecule has 0 fully saturated rings. The van der Waals surface area contributed by atoms with Crippen molar-refractivity contribution in [2.45, 2.75) is 18.8 Å². The highest BCUT2D eigenvalue weighted by Gasteiger charge is 2.18. The van der Waals surface area contributed by atoms with Gasteiger partial charge >= 0.3 is 0 Å². The summed E-state index contributed by atoms with van der Waals surface area (Å²) in [5.74, 6) is 1.14. The van der Waals surface area contributed by atoms with Gasteiger partial charge in [0.2, 0.25) is 0 Å². The maximum absolute atomic E-state index is 6.23. The first-order valence-corrected chi connectivity index (χ1v) is 7.87. The van der Waals surface area contributed by atoms with E-state index in [0.29, 0.717) is 10.9 Å². The number of rotatable bonds is 3. The van der Waals surface area contributed by atoms with Crippen molar-refractivity contribution >= 4 is 45.8 Å². The number of nitrogens with zero attached hydrogens (tertiary/aromatic N) is 2. The Morgan fingerprint density at radius 2 is 1.81 bits per heavy atom. The van der Waals surface area contributed by atoms with Crippen LogP contribution in [-0.4, -0.2) is 9.55 Å². The van der Waals surface area contributed by atoms with Crippen molar-refractivity contribution in [1.82, 2.24) is 9.55 Å². The molecule has 1 aromatic heterocycles. The van der Waals surface area contributed by atoms with Crippen molar-refractivity contribution in [3.63, 3.8) is 0 Å². The molecular weight excluding hydrogens is 327 g/mol. The van der Waals surface area contributed by atoms with Crippen LogP contribution in [0.5, 0.6) is 0 Å². The fourth-order valence-electron chi connectivity index (χ4n) is 2.55. The average Bonchev–Trinajstić information content (AvgIpc) is 2.87. The maximum Gasteiger partial charge on any atom is 0.125 e. The average molecular weight is 340 g/mol. The summed E-state index contributed by atoms with van der Waals surface area (Å²) in [6.07, 6.45) is 0. The summed E-state index contributed by atoms with van der Waals surface area (Å²) in [6.45, 7) is 2.11.